The van der Waals surface area contributed by atoms with Crippen LogP contribution in [0, 0.1) is 0 Å². The average Bonchev–Trinajstić information content (AvgIpc) is 3.23. The van der Waals surface area contributed by atoms with Crippen LogP contribution in [0.5, 0.6) is 11.5 Å². The molecule has 4 aromatic rings. The summed E-state index contributed by atoms with van der Waals surface area (Å²) >= 11 is 0. The molecule has 1 aromatic heterocycles. The second-order valence-corrected chi connectivity index (χ2v) is 8.73. The van der Waals surface area contributed by atoms with Crippen molar-refractivity contribution in [1.29, 1.82) is 0 Å². The fourth-order valence-corrected chi connectivity index (χ4v) is 4.52. The third-order valence-corrected chi connectivity index (χ3v) is 6.48. The third kappa shape index (κ3) is 5.41. The number of imidazole rings is 1. The van der Waals surface area contributed by atoms with Crippen molar-refractivity contribution in [3.8, 4) is 11.5 Å². The molecule has 1 aliphatic heterocycles. The number of para-hydroxylation sites is 2. The smallest absolute Gasteiger partial charge is 0.124 e. The third-order valence-electron chi connectivity index (χ3n) is 6.48. The molecular weight excluding hydrogens is 424 g/mol. The van der Waals surface area contributed by atoms with Gasteiger partial charge in [0, 0.05) is 39.3 Å². The van der Waals surface area contributed by atoms with Crippen LogP contribution in [0.4, 0.5) is 0 Å². The first-order valence-corrected chi connectivity index (χ1v) is 12.0. The lowest BCUT2D eigenvalue weighted by atomic mass is 10.2. The Labute approximate surface area is 201 Å². The number of methoxy groups -OCH3 is 1. The minimum Gasteiger partial charge on any atom is -0.497 e. The van der Waals surface area contributed by atoms with Gasteiger partial charge in [0.25, 0.3) is 0 Å². The maximum atomic E-state index is 5.91. The second-order valence-electron chi connectivity index (χ2n) is 8.73. The van der Waals surface area contributed by atoms with E-state index in [2.05, 4.69) is 69.0 Å². The minimum atomic E-state index is 0.694. The van der Waals surface area contributed by atoms with E-state index in [4.69, 9.17) is 14.5 Å². The van der Waals surface area contributed by atoms with Gasteiger partial charge in [0.2, 0.25) is 0 Å². The number of aromatic nitrogens is 2. The molecule has 0 radical (unpaired) electrons. The Kier molecular flexibility index (Phi) is 7.08. The van der Waals surface area contributed by atoms with Gasteiger partial charge in [-0.25, -0.2) is 4.98 Å². The molecule has 0 atom stereocenters. The molecule has 5 rings (SSSR count). The van der Waals surface area contributed by atoms with Crippen LogP contribution in [0.2, 0.25) is 0 Å². The summed E-state index contributed by atoms with van der Waals surface area (Å²) in [7, 11) is 1.68. The molecule has 1 fully saturated rings. The molecule has 0 aliphatic carbocycles. The van der Waals surface area contributed by atoms with Crippen molar-refractivity contribution < 1.29 is 9.47 Å². The van der Waals surface area contributed by atoms with Crippen molar-refractivity contribution in [2.24, 2.45) is 0 Å². The SMILES string of the molecule is COc1ccc(OCCN2CCN(Cc3nc4ccccc4n3Cc3ccccc3)CC2)cc1. The normalized spacial score (nSPS) is 15.0. The van der Waals surface area contributed by atoms with Gasteiger partial charge in [0.05, 0.1) is 24.7 Å². The summed E-state index contributed by atoms with van der Waals surface area (Å²) in [6, 6.07) is 26.9. The van der Waals surface area contributed by atoms with Crippen LogP contribution in [-0.4, -0.2) is 65.8 Å². The number of fused-ring (bicyclic) bond motifs is 1. The highest BCUT2D eigenvalue weighted by atomic mass is 16.5. The maximum absolute atomic E-state index is 5.91. The second kappa shape index (κ2) is 10.7. The summed E-state index contributed by atoms with van der Waals surface area (Å²) in [6.45, 7) is 7.52. The number of piperazine rings is 1. The first kappa shape index (κ1) is 22.4. The highest BCUT2D eigenvalue weighted by Crippen LogP contribution is 2.20. The van der Waals surface area contributed by atoms with Crippen LogP contribution in [-0.2, 0) is 13.1 Å². The molecule has 0 saturated carbocycles. The molecule has 34 heavy (non-hydrogen) atoms. The summed E-state index contributed by atoms with van der Waals surface area (Å²) in [6.07, 6.45) is 0. The number of hydrogen-bond donors (Lipinski definition) is 0. The van der Waals surface area contributed by atoms with Gasteiger partial charge in [-0.2, -0.15) is 0 Å². The lowest BCUT2D eigenvalue weighted by molar-refractivity contribution is 0.110. The van der Waals surface area contributed by atoms with E-state index < -0.39 is 0 Å². The van der Waals surface area contributed by atoms with Gasteiger partial charge in [0.15, 0.2) is 0 Å². The maximum Gasteiger partial charge on any atom is 0.124 e. The summed E-state index contributed by atoms with van der Waals surface area (Å²) in [4.78, 5) is 9.99. The van der Waals surface area contributed by atoms with E-state index in [1.165, 1.54) is 11.1 Å². The predicted molar refractivity (Wildman–Crippen MR) is 135 cm³/mol. The Hall–Kier alpha value is -3.35. The van der Waals surface area contributed by atoms with Crippen molar-refractivity contribution in [2.45, 2.75) is 13.1 Å². The number of rotatable bonds is 9. The fourth-order valence-electron chi connectivity index (χ4n) is 4.52. The molecule has 6 heteroatoms. The van der Waals surface area contributed by atoms with Gasteiger partial charge < -0.3 is 14.0 Å². The standard InChI is InChI=1S/C28H32N4O2/c1-33-24-11-13-25(14-12-24)34-20-19-30-15-17-31(18-16-30)22-28-29-26-9-5-6-10-27(26)32(28)21-23-7-3-2-4-8-23/h2-14H,15-22H2,1H3. The zero-order chi connectivity index (χ0) is 23.2. The molecular formula is C28H32N4O2. The first-order chi connectivity index (χ1) is 16.8. The summed E-state index contributed by atoms with van der Waals surface area (Å²) in [5.74, 6) is 2.87. The summed E-state index contributed by atoms with van der Waals surface area (Å²) < 4.78 is 13.5. The van der Waals surface area contributed by atoms with Gasteiger partial charge in [0.1, 0.15) is 23.9 Å². The molecule has 176 valence electrons. The zero-order valence-electron chi connectivity index (χ0n) is 19.8. The molecule has 3 aromatic carbocycles. The van der Waals surface area contributed by atoms with E-state index in [1.54, 1.807) is 7.11 Å². The fraction of sp³-hybridized carbons (Fsp3) is 0.321. The minimum absolute atomic E-state index is 0.694. The van der Waals surface area contributed by atoms with Crippen LogP contribution in [0.25, 0.3) is 11.0 Å². The molecule has 2 heterocycles. The average molecular weight is 457 g/mol. The van der Waals surface area contributed by atoms with Crippen molar-refractivity contribution in [2.75, 3.05) is 46.4 Å². The van der Waals surface area contributed by atoms with Gasteiger partial charge >= 0.3 is 0 Å². The van der Waals surface area contributed by atoms with Crippen LogP contribution in [0.1, 0.15) is 11.4 Å². The Morgan fingerprint density at radius 2 is 1.41 bits per heavy atom. The predicted octanol–water partition coefficient (Wildman–Crippen LogP) is 4.29. The molecule has 1 aliphatic rings. The Balaban J connectivity index is 1.16. The van der Waals surface area contributed by atoms with E-state index >= 15 is 0 Å². The first-order valence-electron chi connectivity index (χ1n) is 12.0. The van der Waals surface area contributed by atoms with Gasteiger partial charge in [-0.3, -0.25) is 9.80 Å². The van der Waals surface area contributed by atoms with Crippen molar-refractivity contribution in [3.63, 3.8) is 0 Å². The van der Waals surface area contributed by atoms with Gasteiger partial charge in [-0.1, -0.05) is 42.5 Å². The topological polar surface area (TPSA) is 42.8 Å². The molecule has 0 unspecified atom stereocenters. The molecule has 0 bridgehead atoms. The van der Waals surface area contributed by atoms with E-state index in [9.17, 15) is 0 Å². The van der Waals surface area contributed by atoms with Gasteiger partial charge in [-0.05, 0) is 42.0 Å². The molecule has 0 N–H and O–H groups in total. The van der Waals surface area contributed by atoms with Crippen LogP contribution >= 0.6 is 0 Å². The highest BCUT2D eigenvalue weighted by molar-refractivity contribution is 5.76. The van der Waals surface area contributed by atoms with E-state index in [0.717, 1.165) is 68.7 Å². The molecule has 6 nitrogen and oxygen atoms in total. The summed E-state index contributed by atoms with van der Waals surface area (Å²) in [5, 5.41) is 0. The number of hydrogen-bond acceptors (Lipinski definition) is 5. The molecule has 0 amide bonds. The van der Waals surface area contributed by atoms with Crippen LogP contribution < -0.4 is 9.47 Å². The number of benzene rings is 3. The van der Waals surface area contributed by atoms with E-state index in [0.29, 0.717) is 6.61 Å². The zero-order valence-corrected chi connectivity index (χ0v) is 19.8. The highest BCUT2D eigenvalue weighted by Gasteiger charge is 2.20. The van der Waals surface area contributed by atoms with E-state index in [1.807, 2.05) is 24.3 Å². The summed E-state index contributed by atoms with van der Waals surface area (Å²) in [5.41, 5.74) is 3.58. The van der Waals surface area contributed by atoms with E-state index in [-0.39, 0.29) is 0 Å². The van der Waals surface area contributed by atoms with Crippen molar-refractivity contribution in [3.05, 3.63) is 90.3 Å². The lowest BCUT2D eigenvalue weighted by Crippen LogP contribution is -2.47. The number of ether oxygens (including phenoxy) is 2. The monoisotopic (exact) mass is 456 g/mol. The molecule has 1 saturated heterocycles. The van der Waals surface area contributed by atoms with Crippen molar-refractivity contribution >= 4 is 11.0 Å². The molecule has 0 spiro atoms. The lowest BCUT2D eigenvalue weighted by Gasteiger charge is -2.34. The Bertz CT molecular complexity index is 1180. The quantitative estimate of drug-likeness (QED) is 0.376. The Morgan fingerprint density at radius 1 is 0.735 bits per heavy atom. The van der Waals surface area contributed by atoms with Crippen LogP contribution in [0.15, 0.2) is 78.9 Å². The largest absolute Gasteiger partial charge is 0.497 e. The van der Waals surface area contributed by atoms with Crippen molar-refractivity contribution in [1.82, 2.24) is 19.4 Å². The Morgan fingerprint density at radius 3 is 2.18 bits per heavy atom. The van der Waals surface area contributed by atoms with Gasteiger partial charge in [-0.15, -0.1) is 0 Å². The van der Waals surface area contributed by atoms with Crippen LogP contribution in [0.3, 0.4) is 0 Å². The number of nitrogens with zero attached hydrogens (tertiary/aromatic N) is 4.